The van der Waals surface area contributed by atoms with E-state index in [1.54, 1.807) is 0 Å². The molecule has 0 unspecified atom stereocenters. The lowest BCUT2D eigenvalue weighted by Crippen LogP contribution is -2.30. The summed E-state index contributed by atoms with van der Waals surface area (Å²) in [5.74, 6) is 0.935. The Kier molecular flexibility index (Phi) is 7.08. The molecule has 0 aromatic heterocycles. The van der Waals surface area contributed by atoms with Crippen LogP contribution in [0, 0.1) is 5.92 Å². The zero-order valence-corrected chi connectivity index (χ0v) is 12.7. The molecule has 1 aromatic rings. The van der Waals surface area contributed by atoms with Crippen LogP contribution in [0.2, 0.25) is 0 Å². The molecule has 116 valence electrons. The molecule has 1 aliphatic heterocycles. The second-order valence-corrected chi connectivity index (χ2v) is 5.73. The molecule has 0 saturated carbocycles. The van der Waals surface area contributed by atoms with E-state index in [1.807, 2.05) is 18.2 Å². The molecule has 2 rings (SSSR count). The van der Waals surface area contributed by atoms with Gasteiger partial charge in [-0.3, -0.25) is 4.79 Å². The SMILES string of the molecule is O=C(CCC1CCNCC1)NCCCNc1ccccc1. The second kappa shape index (κ2) is 9.40. The van der Waals surface area contributed by atoms with Crippen molar-refractivity contribution in [2.45, 2.75) is 32.1 Å². The van der Waals surface area contributed by atoms with Gasteiger partial charge in [0.25, 0.3) is 0 Å². The average Bonchev–Trinajstić information content (AvgIpc) is 2.54. The highest BCUT2D eigenvalue weighted by molar-refractivity contribution is 5.75. The minimum absolute atomic E-state index is 0.202. The van der Waals surface area contributed by atoms with Crippen LogP contribution in [0.15, 0.2) is 30.3 Å². The molecule has 1 aliphatic rings. The van der Waals surface area contributed by atoms with Crippen molar-refractivity contribution in [1.82, 2.24) is 10.6 Å². The molecule has 4 heteroatoms. The lowest BCUT2D eigenvalue weighted by Gasteiger charge is -2.22. The van der Waals surface area contributed by atoms with E-state index in [-0.39, 0.29) is 5.91 Å². The van der Waals surface area contributed by atoms with Crippen molar-refractivity contribution in [3.05, 3.63) is 30.3 Å². The smallest absolute Gasteiger partial charge is 0.220 e. The van der Waals surface area contributed by atoms with Gasteiger partial charge < -0.3 is 16.0 Å². The fourth-order valence-electron chi connectivity index (χ4n) is 2.70. The molecule has 0 spiro atoms. The van der Waals surface area contributed by atoms with Gasteiger partial charge in [0.1, 0.15) is 0 Å². The molecular weight excluding hydrogens is 262 g/mol. The number of carbonyl (C=O) groups is 1. The van der Waals surface area contributed by atoms with E-state index in [0.717, 1.165) is 50.6 Å². The van der Waals surface area contributed by atoms with Gasteiger partial charge in [0.05, 0.1) is 0 Å². The summed E-state index contributed by atoms with van der Waals surface area (Å²) in [4.78, 5) is 11.8. The van der Waals surface area contributed by atoms with Crippen LogP contribution in [0.4, 0.5) is 5.69 Å². The highest BCUT2D eigenvalue weighted by atomic mass is 16.1. The number of piperidine rings is 1. The van der Waals surface area contributed by atoms with Gasteiger partial charge in [-0.05, 0) is 56.8 Å². The molecule has 21 heavy (non-hydrogen) atoms. The number of nitrogens with one attached hydrogen (secondary N) is 3. The second-order valence-electron chi connectivity index (χ2n) is 5.73. The molecule has 0 atom stereocenters. The third-order valence-electron chi connectivity index (χ3n) is 4.02. The standard InChI is InChI=1S/C17H27N3O/c21-17(8-7-15-9-13-18-14-10-15)20-12-4-11-19-16-5-2-1-3-6-16/h1-3,5-6,15,18-19H,4,7-14H2,(H,20,21). The molecule has 1 aromatic carbocycles. The molecule has 3 N–H and O–H groups in total. The van der Waals surface area contributed by atoms with E-state index in [2.05, 4.69) is 28.1 Å². The maximum Gasteiger partial charge on any atom is 0.220 e. The normalized spacial score (nSPS) is 15.6. The monoisotopic (exact) mass is 289 g/mol. The number of rotatable bonds is 8. The minimum Gasteiger partial charge on any atom is -0.385 e. The van der Waals surface area contributed by atoms with E-state index in [9.17, 15) is 4.79 Å². The lowest BCUT2D eigenvalue weighted by atomic mass is 9.93. The van der Waals surface area contributed by atoms with Gasteiger partial charge in [-0.1, -0.05) is 18.2 Å². The van der Waals surface area contributed by atoms with Crippen LogP contribution >= 0.6 is 0 Å². The summed E-state index contributed by atoms with van der Waals surface area (Å²) in [5.41, 5.74) is 1.13. The van der Waals surface area contributed by atoms with Crippen LogP contribution in [0.5, 0.6) is 0 Å². The molecule has 1 fully saturated rings. The number of amides is 1. The van der Waals surface area contributed by atoms with Crippen LogP contribution in [0.3, 0.4) is 0 Å². The van der Waals surface area contributed by atoms with E-state index < -0.39 is 0 Å². The van der Waals surface area contributed by atoms with Crippen molar-refractivity contribution in [2.75, 3.05) is 31.5 Å². The molecule has 1 saturated heterocycles. The fraction of sp³-hybridized carbons (Fsp3) is 0.588. The van der Waals surface area contributed by atoms with Gasteiger partial charge in [0.2, 0.25) is 5.91 Å². The minimum atomic E-state index is 0.202. The number of benzene rings is 1. The van der Waals surface area contributed by atoms with Crippen molar-refractivity contribution < 1.29 is 4.79 Å². The number of carbonyl (C=O) groups excluding carboxylic acids is 1. The number of anilines is 1. The van der Waals surface area contributed by atoms with Crippen molar-refractivity contribution in [2.24, 2.45) is 5.92 Å². The van der Waals surface area contributed by atoms with Gasteiger partial charge >= 0.3 is 0 Å². The van der Waals surface area contributed by atoms with Gasteiger partial charge in [0, 0.05) is 25.2 Å². The highest BCUT2D eigenvalue weighted by Crippen LogP contribution is 2.17. The first-order valence-electron chi connectivity index (χ1n) is 8.11. The first-order chi connectivity index (χ1) is 10.3. The predicted octanol–water partition coefficient (Wildman–Crippen LogP) is 2.38. The van der Waals surface area contributed by atoms with Gasteiger partial charge in [-0.25, -0.2) is 0 Å². The Hall–Kier alpha value is -1.55. The summed E-state index contributed by atoms with van der Waals surface area (Å²) < 4.78 is 0. The highest BCUT2D eigenvalue weighted by Gasteiger charge is 2.14. The van der Waals surface area contributed by atoms with Crippen LogP contribution < -0.4 is 16.0 Å². The summed E-state index contributed by atoms with van der Waals surface area (Å²) in [5, 5.41) is 9.71. The van der Waals surface area contributed by atoms with Crippen LogP contribution in [0.1, 0.15) is 32.1 Å². The summed E-state index contributed by atoms with van der Waals surface area (Å²) in [6.45, 7) is 3.86. The maximum absolute atomic E-state index is 11.8. The Morgan fingerprint density at radius 1 is 1.14 bits per heavy atom. The molecule has 0 aliphatic carbocycles. The Morgan fingerprint density at radius 2 is 1.90 bits per heavy atom. The van der Waals surface area contributed by atoms with E-state index in [4.69, 9.17) is 0 Å². The summed E-state index contributed by atoms with van der Waals surface area (Å²) >= 11 is 0. The first-order valence-corrected chi connectivity index (χ1v) is 8.11. The van der Waals surface area contributed by atoms with Crippen LogP contribution in [-0.4, -0.2) is 32.1 Å². The molecular formula is C17H27N3O. The summed E-state index contributed by atoms with van der Waals surface area (Å²) in [7, 11) is 0. The van der Waals surface area contributed by atoms with Crippen LogP contribution in [-0.2, 0) is 4.79 Å². The third kappa shape index (κ3) is 6.63. The molecule has 0 bridgehead atoms. The van der Waals surface area contributed by atoms with E-state index in [0.29, 0.717) is 6.42 Å². The molecule has 1 amide bonds. The zero-order chi connectivity index (χ0) is 14.8. The summed E-state index contributed by atoms with van der Waals surface area (Å²) in [6, 6.07) is 10.2. The Labute approximate surface area is 127 Å². The van der Waals surface area contributed by atoms with Crippen molar-refractivity contribution in [3.63, 3.8) is 0 Å². The molecule has 1 heterocycles. The number of hydrogen-bond donors (Lipinski definition) is 3. The van der Waals surface area contributed by atoms with Crippen molar-refractivity contribution in [1.29, 1.82) is 0 Å². The lowest BCUT2D eigenvalue weighted by molar-refractivity contribution is -0.121. The summed E-state index contributed by atoms with van der Waals surface area (Å²) in [6.07, 6.45) is 5.10. The Morgan fingerprint density at radius 3 is 2.67 bits per heavy atom. The topological polar surface area (TPSA) is 53.2 Å². The average molecular weight is 289 g/mol. The largest absolute Gasteiger partial charge is 0.385 e. The number of para-hydroxylation sites is 1. The predicted molar refractivity (Wildman–Crippen MR) is 87.4 cm³/mol. The zero-order valence-electron chi connectivity index (χ0n) is 12.7. The Bertz CT molecular complexity index is 402. The third-order valence-corrected chi connectivity index (χ3v) is 4.02. The first kappa shape index (κ1) is 15.8. The van der Waals surface area contributed by atoms with Gasteiger partial charge in [-0.15, -0.1) is 0 Å². The maximum atomic E-state index is 11.8. The van der Waals surface area contributed by atoms with E-state index >= 15 is 0 Å². The number of hydrogen-bond acceptors (Lipinski definition) is 3. The van der Waals surface area contributed by atoms with Crippen LogP contribution in [0.25, 0.3) is 0 Å². The van der Waals surface area contributed by atoms with Gasteiger partial charge in [-0.2, -0.15) is 0 Å². The van der Waals surface area contributed by atoms with Gasteiger partial charge in [0.15, 0.2) is 0 Å². The molecule has 4 nitrogen and oxygen atoms in total. The Balaban J connectivity index is 1.47. The quantitative estimate of drug-likeness (QED) is 0.644. The van der Waals surface area contributed by atoms with Crippen molar-refractivity contribution in [3.8, 4) is 0 Å². The molecule has 0 radical (unpaired) electrons. The van der Waals surface area contributed by atoms with E-state index in [1.165, 1.54) is 12.8 Å². The fourth-order valence-corrected chi connectivity index (χ4v) is 2.70. The van der Waals surface area contributed by atoms with Crippen molar-refractivity contribution >= 4 is 11.6 Å².